The highest BCUT2D eigenvalue weighted by Gasteiger charge is 2.56. The van der Waals surface area contributed by atoms with E-state index in [4.69, 9.17) is 14.1 Å². The third kappa shape index (κ3) is 6.02. The van der Waals surface area contributed by atoms with Crippen LogP contribution in [0.3, 0.4) is 0 Å². The fourth-order valence-electron chi connectivity index (χ4n) is 3.30. The van der Waals surface area contributed by atoms with E-state index in [-0.39, 0.29) is 5.75 Å². The Hall–Kier alpha value is -2.48. The average molecular weight is 579 g/mol. The van der Waals surface area contributed by atoms with Gasteiger partial charge in [-0.3, -0.25) is 24.0 Å². The number of alkyl halides is 1. The van der Waals surface area contributed by atoms with E-state index in [1.165, 1.54) is 19.1 Å². The predicted molar refractivity (Wildman–Crippen MR) is 122 cm³/mol. The van der Waals surface area contributed by atoms with Crippen LogP contribution in [0.2, 0.25) is 0 Å². The summed E-state index contributed by atoms with van der Waals surface area (Å²) in [7, 11) is -1.68. The first-order valence-corrected chi connectivity index (χ1v) is 12.1. The normalized spacial score (nSPS) is 25.3. The summed E-state index contributed by atoms with van der Waals surface area (Å²) in [6.07, 6.45) is -3.70. The SMILES string of the molecule is COC(=O)C(C)N(OC[C@H]1O[C@@H](n2ccc(=O)[nH]c2=O)[C@](C)(F)[C@@H]1O)[P+](=O)Oc1ccc(Br)cc1. The highest BCUT2D eigenvalue weighted by Crippen LogP contribution is 2.41. The number of hydroxylamine groups is 1. The second-order valence-electron chi connectivity index (χ2n) is 7.72. The van der Waals surface area contributed by atoms with Gasteiger partial charge in [0.2, 0.25) is 0 Å². The summed E-state index contributed by atoms with van der Waals surface area (Å²) in [5, 5.41) is 10.5. The first-order valence-electron chi connectivity index (χ1n) is 10.2. The Morgan fingerprint density at radius 1 is 1.37 bits per heavy atom. The molecule has 0 spiro atoms. The van der Waals surface area contributed by atoms with Gasteiger partial charge in [-0.15, -0.1) is 0 Å². The van der Waals surface area contributed by atoms with Crippen LogP contribution in [0.1, 0.15) is 20.1 Å². The van der Waals surface area contributed by atoms with Gasteiger partial charge in [0.1, 0.15) is 18.8 Å². The van der Waals surface area contributed by atoms with Gasteiger partial charge in [-0.1, -0.05) is 15.9 Å². The average Bonchev–Trinajstić information content (AvgIpc) is 3.03. The molecule has 12 nitrogen and oxygen atoms in total. The third-order valence-electron chi connectivity index (χ3n) is 5.22. The molecule has 6 atom stereocenters. The summed E-state index contributed by atoms with van der Waals surface area (Å²) in [5.74, 6) is -0.584. The van der Waals surface area contributed by atoms with E-state index in [2.05, 4.69) is 20.7 Å². The molecule has 190 valence electrons. The Kier molecular flexibility index (Phi) is 8.57. The van der Waals surface area contributed by atoms with Crippen LogP contribution >= 0.6 is 24.1 Å². The molecule has 1 aliphatic heterocycles. The molecule has 0 amide bonds. The van der Waals surface area contributed by atoms with Crippen LogP contribution in [0.25, 0.3) is 0 Å². The monoisotopic (exact) mass is 578 g/mol. The minimum atomic E-state index is -2.81. The van der Waals surface area contributed by atoms with Crippen molar-refractivity contribution in [2.24, 2.45) is 0 Å². The molecule has 15 heteroatoms. The van der Waals surface area contributed by atoms with Crippen LogP contribution in [0.5, 0.6) is 5.75 Å². The number of carbonyl (C=O) groups excluding carboxylic acids is 1. The fraction of sp³-hybridized carbons (Fsp3) is 0.450. The lowest BCUT2D eigenvalue weighted by molar-refractivity contribution is -0.179. The summed E-state index contributed by atoms with van der Waals surface area (Å²) in [6, 6.07) is 6.15. The van der Waals surface area contributed by atoms with E-state index in [0.717, 1.165) is 35.3 Å². The lowest BCUT2D eigenvalue weighted by atomic mass is 9.98. The van der Waals surface area contributed by atoms with Gasteiger partial charge in [0.15, 0.2) is 23.7 Å². The summed E-state index contributed by atoms with van der Waals surface area (Å²) in [4.78, 5) is 43.7. The van der Waals surface area contributed by atoms with Crippen molar-refractivity contribution in [3.05, 3.63) is 61.8 Å². The van der Waals surface area contributed by atoms with Crippen LogP contribution in [-0.2, 0) is 23.7 Å². The highest BCUT2D eigenvalue weighted by molar-refractivity contribution is 9.10. The zero-order valence-electron chi connectivity index (χ0n) is 18.8. The second-order valence-corrected chi connectivity index (χ2v) is 9.69. The molecule has 0 saturated carbocycles. The molecule has 2 unspecified atom stereocenters. The van der Waals surface area contributed by atoms with Crippen molar-refractivity contribution in [2.75, 3.05) is 13.7 Å². The van der Waals surface area contributed by atoms with Crippen LogP contribution in [0, 0.1) is 0 Å². The maximum atomic E-state index is 15.4. The molecule has 1 aliphatic rings. The minimum absolute atomic E-state index is 0.214. The molecule has 0 radical (unpaired) electrons. The largest absolute Gasteiger partial charge is 0.693 e. The number of methoxy groups -OCH3 is 1. The maximum Gasteiger partial charge on any atom is 0.693 e. The van der Waals surface area contributed by atoms with Crippen molar-refractivity contribution in [2.45, 2.75) is 44.0 Å². The van der Waals surface area contributed by atoms with E-state index in [1.54, 1.807) is 12.1 Å². The Bertz CT molecular complexity index is 1190. The number of aromatic nitrogens is 2. The number of aliphatic hydroxyl groups is 1. The standard InChI is InChI=1S/C20H22BrFN3O9P/c1-11(17(28)31-3)25(35(30)34-13-6-4-12(21)5-7-13)32-10-14-16(27)20(2,22)18(33-14)24-9-8-15(26)23-19(24)29/h4-9,11,14,16,18,27H,10H2,1-3H3/p+1/t11?,14-,16-,18-,20-/m1/s1. The number of rotatable bonds is 9. The van der Waals surface area contributed by atoms with Crippen LogP contribution in [-0.4, -0.2) is 63.1 Å². The van der Waals surface area contributed by atoms with Crippen molar-refractivity contribution in [3.63, 3.8) is 0 Å². The molecular formula is C20H23BrFN3O9P+. The van der Waals surface area contributed by atoms with Gasteiger partial charge < -0.3 is 14.6 Å². The Morgan fingerprint density at radius 3 is 2.63 bits per heavy atom. The Balaban J connectivity index is 1.78. The number of esters is 1. The van der Waals surface area contributed by atoms with Gasteiger partial charge in [-0.25, -0.2) is 13.7 Å². The molecule has 2 aromatic rings. The van der Waals surface area contributed by atoms with Crippen molar-refractivity contribution in [1.29, 1.82) is 0 Å². The maximum absolute atomic E-state index is 15.4. The third-order valence-corrected chi connectivity index (χ3v) is 6.90. The number of halogens is 2. The van der Waals surface area contributed by atoms with Crippen molar-refractivity contribution >= 4 is 30.1 Å². The van der Waals surface area contributed by atoms with Crippen LogP contribution in [0.15, 0.2) is 50.6 Å². The summed E-state index contributed by atoms with van der Waals surface area (Å²) >= 11 is 3.27. The number of aromatic amines is 1. The molecule has 35 heavy (non-hydrogen) atoms. The smallest absolute Gasteiger partial charge is 0.468 e. The van der Waals surface area contributed by atoms with Gasteiger partial charge in [0.05, 0.1) is 11.9 Å². The summed E-state index contributed by atoms with van der Waals surface area (Å²) < 4.78 is 45.4. The van der Waals surface area contributed by atoms with Gasteiger partial charge >= 0.3 is 19.8 Å². The Labute approximate surface area is 207 Å². The number of aliphatic hydroxyl groups excluding tert-OH is 1. The molecule has 2 N–H and O–H groups in total. The zero-order chi connectivity index (χ0) is 25.9. The second kappa shape index (κ2) is 11.1. The molecule has 3 rings (SSSR count). The molecule has 2 heterocycles. The number of ether oxygens (including phenoxy) is 2. The van der Waals surface area contributed by atoms with Gasteiger partial charge in [-0.2, -0.15) is 0 Å². The van der Waals surface area contributed by atoms with Crippen molar-refractivity contribution < 1.29 is 37.7 Å². The molecule has 0 aliphatic carbocycles. The van der Waals surface area contributed by atoms with E-state index in [0.29, 0.717) is 4.83 Å². The van der Waals surface area contributed by atoms with E-state index >= 15 is 4.39 Å². The number of hydrogen-bond acceptors (Lipinski definition) is 9. The summed E-state index contributed by atoms with van der Waals surface area (Å²) in [6.45, 7) is 1.80. The van der Waals surface area contributed by atoms with Gasteiger partial charge in [0, 0.05) is 21.3 Å². The molecule has 1 aromatic carbocycles. The minimum Gasteiger partial charge on any atom is -0.468 e. The quantitative estimate of drug-likeness (QED) is 0.256. The molecule has 1 fully saturated rings. The highest BCUT2D eigenvalue weighted by atomic mass is 79.9. The molecule has 0 bridgehead atoms. The van der Waals surface area contributed by atoms with E-state index in [9.17, 15) is 24.1 Å². The number of benzene rings is 1. The Morgan fingerprint density at radius 2 is 2.03 bits per heavy atom. The lowest BCUT2D eigenvalue weighted by Gasteiger charge is -2.24. The number of carbonyl (C=O) groups is 1. The lowest BCUT2D eigenvalue weighted by Crippen LogP contribution is -2.44. The summed E-state index contributed by atoms with van der Waals surface area (Å²) in [5.41, 5.74) is -4.09. The van der Waals surface area contributed by atoms with E-state index in [1.807, 2.05) is 4.98 Å². The zero-order valence-corrected chi connectivity index (χ0v) is 21.3. The van der Waals surface area contributed by atoms with Crippen LogP contribution < -0.4 is 15.8 Å². The van der Waals surface area contributed by atoms with Crippen molar-refractivity contribution in [1.82, 2.24) is 14.4 Å². The number of H-pyrrole nitrogens is 1. The topological polar surface area (TPSA) is 149 Å². The predicted octanol–water partition coefficient (Wildman–Crippen LogP) is 1.82. The fourth-order valence-corrected chi connectivity index (χ4v) is 4.48. The van der Waals surface area contributed by atoms with E-state index < -0.39 is 62.2 Å². The first-order chi connectivity index (χ1) is 16.4. The van der Waals surface area contributed by atoms with Crippen molar-refractivity contribution in [3.8, 4) is 5.75 Å². The van der Waals surface area contributed by atoms with Crippen LogP contribution in [0.4, 0.5) is 4.39 Å². The van der Waals surface area contributed by atoms with Gasteiger partial charge in [0.25, 0.3) is 5.56 Å². The number of nitrogens with one attached hydrogen (secondary N) is 1. The molecule has 1 aromatic heterocycles. The molecule has 1 saturated heterocycles. The number of nitrogens with zero attached hydrogens (tertiary/aromatic N) is 2. The number of hydrogen-bond donors (Lipinski definition) is 2. The molecular weight excluding hydrogens is 556 g/mol. The first kappa shape index (κ1) is 27.1. The van der Waals surface area contributed by atoms with Gasteiger partial charge in [-0.05, 0) is 38.1 Å².